The molecule has 228 valence electrons. The fraction of sp³-hybridized carbons (Fsp3) is 0.536. The molecular weight excluding hydrogens is 561 g/mol. The Morgan fingerprint density at radius 2 is 2.02 bits per heavy atom. The summed E-state index contributed by atoms with van der Waals surface area (Å²) in [4.78, 5) is 29.3. The molecule has 0 bridgehead atoms. The number of benzene rings is 1. The van der Waals surface area contributed by atoms with Crippen LogP contribution in [0.5, 0.6) is 0 Å². The SMILES string of the molecule is [2H]C[C@H]1O[C@@H](n2cnc3c(NC(=O)c4ccccc4)ncnc32)C(OP(OCC[N+]#[C-])N(C(C)C)C(C)C)C1CO.[3H]OC. The first-order valence-corrected chi connectivity index (χ1v) is 14.6. The van der Waals surface area contributed by atoms with Crippen LogP contribution in [0.25, 0.3) is 16.0 Å². The van der Waals surface area contributed by atoms with Crippen LogP contribution in [0.1, 0.15) is 52.6 Å². The maximum Gasteiger partial charge on any atom is 0.259 e. The molecule has 1 saturated heterocycles. The highest BCUT2D eigenvalue weighted by Crippen LogP contribution is 2.51. The van der Waals surface area contributed by atoms with Gasteiger partial charge in [0.05, 0.1) is 19.0 Å². The maximum atomic E-state index is 12.8. The number of nitrogens with zero attached hydrogens (tertiary/aromatic N) is 6. The quantitative estimate of drug-likeness (QED) is 0.158. The monoisotopic (exact) mass is 604 g/mol. The number of nitrogens with one attached hydrogen (secondary N) is 1. The molecule has 1 fully saturated rings. The number of hydrogen-bond acceptors (Lipinski definition) is 10. The molecule has 42 heavy (non-hydrogen) atoms. The Bertz CT molecular complexity index is 1360. The first-order chi connectivity index (χ1) is 21.2. The van der Waals surface area contributed by atoms with Crippen LogP contribution >= 0.6 is 8.53 Å². The Balaban J connectivity index is 0.00000169. The highest BCUT2D eigenvalue weighted by atomic mass is 31.2. The molecular formula is C28H40N7O6P. The summed E-state index contributed by atoms with van der Waals surface area (Å²) in [5.74, 6) is -0.619. The van der Waals surface area contributed by atoms with Gasteiger partial charge in [-0.25, -0.2) is 26.2 Å². The lowest BCUT2D eigenvalue weighted by Gasteiger charge is -2.38. The Labute approximate surface area is 250 Å². The molecule has 0 radical (unpaired) electrons. The number of carbonyl (C=O) groups excluding carboxylic acids is 1. The summed E-state index contributed by atoms with van der Waals surface area (Å²) in [6, 6.07) is 8.93. The molecule has 3 aromatic rings. The van der Waals surface area contributed by atoms with E-state index in [4.69, 9.17) is 23.2 Å². The molecule has 14 heteroatoms. The van der Waals surface area contributed by atoms with E-state index < -0.39 is 32.9 Å². The number of imidazole rings is 1. The third-order valence-electron chi connectivity index (χ3n) is 6.47. The van der Waals surface area contributed by atoms with Crippen molar-refractivity contribution in [3.63, 3.8) is 0 Å². The number of amides is 1. The Morgan fingerprint density at radius 1 is 1.31 bits per heavy atom. The van der Waals surface area contributed by atoms with Gasteiger partial charge in [0, 0.05) is 32.0 Å². The number of carbonyl (C=O) groups is 1. The van der Waals surface area contributed by atoms with E-state index in [1.165, 1.54) is 19.8 Å². The van der Waals surface area contributed by atoms with E-state index in [-0.39, 0.29) is 50.5 Å². The predicted octanol–water partition coefficient (Wildman–Crippen LogP) is 3.88. The van der Waals surface area contributed by atoms with Gasteiger partial charge < -0.3 is 34.2 Å². The van der Waals surface area contributed by atoms with Gasteiger partial charge in [-0.05, 0) is 46.7 Å². The van der Waals surface area contributed by atoms with Crippen LogP contribution in [-0.2, 0) is 13.8 Å². The van der Waals surface area contributed by atoms with Crippen molar-refractivity contribution in [1.29, 1.82) is 1.43 Å². The van der Waals surface area contributed by atoms with Crippen LogP contribution in [0.3, 0.4) is 0 Å². The molecule has 3 unspecified atom stereocenters. The zero-order valence-electron chi connectivity index (χ0n) is 26.5. The van der Waals surface area contributed by atoms with Gasteiger partial charge in [0.2, 0.25) is 7.98 Å². The normalized spacial score (nSPS) is 21.5. The number of aliphatic hydroxyl groups excluding tert-OH is 2. The third-order valence-corrected chi connectivity index (χ3v) is 8.60. The fourth-order valence-corrected chi connectivity index (χ4v) is 6.41. The standard InChI is InChI=1S/C27H36N7O5P.CH4O/c1-17(2)34(18(3)4)40(37-13-12-28-6)39-23-21(14-35)19(5)38-27(23)33-16-31-22-24(29-15-30-25(22)33)32-26(36)20-10-8-7-9-11-20;1-2/h7-11,15-19,21,23,27,35H,12-14H2,1-5H3,(H,29,30,32,36);2H,1H3/t19-,21?,23?,27-,40?;/m1./s1/i5D;2T. The van der Waals surface area contributed by atoms with Crippen molar-refractivity contribution >= 4 is 31.4 Å². The molecule has 5 atom stereocenters. The minimum Gasteiger partial charge on any atom is -0.400 e. The number of aliphatic hydroxyl groups is 2. The van der Waals surface area contributed by atoms with Gasteiger partial charge in [-0.15, -0.1) is 0 Å². The van der Waals surface area contributed by atoms with Crippen LogP contribution in [0.4, 0.5) is 5.82 Å². The number of hydrogen-bond donors (Lipinski definition) is 3. The van der Waals surface area contributed by atoms with Crippen molar-refractivity contribution < 1.29 is 30.2 Å². The molecule has 2 aromatic heterocycles. The van der Waals surface area contributed by atoms with Crippen molar-refractivity contribution in [3.8, 4) is 0 Å². The van der Waals surface area contributed by atoms with E-state index in [9.17, 15) is 9.90 Å². The lowest BCUT2D eigenvalue weighted by Crippen LogP contribution is -2.37. The highest BCUT2D eigenvalue weighted by molar-refractivity contribution is 7.44. The van der Waals surface area contributed by atoms with Gasteiger partial charge in [-0.3, -0.25) is 9.36 Å². The van der Waals surface area contributed by atoms with Crippen molar-refractivity contribution in [2.45, 2.75) is 65.1 Å². The average molecular weight is 605 g/mol. The molecule has 1 amide bonds. The maximum absolute atomic E-state index is 12.8. The average Bonchev–Trinajstić information content (AvgIpc) is 3.59. The molecule has 0 spiro atoms. The zero-order chi connectivity index (χ0) is 32.2. The number of aromatic nitrogens is 4. The number of anilines is 1. The molecule has 0 aliphatic carbocycles. The largest absolute Gasteiger partial charge is 0.400 e. The van der Waals surface area contributed by atoms with Gasteiger partial charge in [-0.1, -0.05) is 18.2 Å². The first kappa shape index (κ1) is 30.4. The van der Waals surface area contributed by atoms with Crippen LogP contribution in [-0.4, -0.2) is 92.9 Å². The first-order valence-electron chi connectivity index (χ1n) is 14.6. The number of rotatable bonds is 12. The van der Waals surface area contributed by atoms with Crippen molar-refractivity contribution in [3.05, 3.63) is 60.0 Å². The predicted molar refractivity (Wildman–Crippen MR) is 159 cm³/mol. The minimum absolute atomic E-state index is 0.0759. The molecule has 3 heterocycles. The second kappa shape index (κ2) is 16.0. The summed E-state index contributed by atoms with van der Waals surface area (Å²) in [7, 11) is -0.366. The Hall–Kier alpha value is -3.08. The highest BCUT2D eigenvalue weighted by Gasteiger charge is 2.47. The zero-order valence-corrected chi connectivity index (χ0v) is 25.3. The second-order valence-electron chi connectivity index (χ2n) is 9.87. The van der Waals surface area contributed by atoms with E-state index in [1.807, 2.05) is 33.8 Å². The van der Waals surface area contributed by atoms with Crippen molar-refractivity contribution in [2.24, 2.45) is 5.92 Å². The van der Waals surface area contributed by atoms with E-state index >= 15 is 0 Å². The summed E-state index contributed by atoms with van der Waals surface area (Å²) in [6.45, 7) is 15.4. The van der Waals surface area contributed by atoms with E-state index in [0.717, 1.165) is 0 Å². The topological polar surface area (TPSA) is 148 Å². The third kappa shape index (κ3) is 7.65. The van der Waals surface area contributed by atoms with Crippen LogP contribution < -0.4 is 5.32 Å². The molecule has 1 aliphatic heterocycles. The van der Waals surface area contributed by atoms with E-state index in [1.54, 1.807) is 28.8 Å². The lowest BCUT2D eigenvalue weighted by molar-refractivity contribution is -0.0264. The summed E-state index contributed by atoms with van der Waals surface area (Å²) >= 11 is 0. The molecule has 4 rings (SSSR count). The van der Waals surface area contributed by atoms with Crippen LogP contribution in [0.2, 0.25) is 0 Å². The second-order valence-corrected chi connectivity index (χ2v) is 11.3. The molecule has 0 saturated carbocycles. The Kier molecular flexibility index (Phi) is 11.5. The van der Waals surface area contributed by atoms with Gasteiger partial charge in [0.1, 0.15) is 19.0 Å². The summed E-state index contributed by atoms with van der Waals surface area (Å²) in [5.41, 5.74) is 1.23. The van der Waals surface area contributed by atoms with Gasteiger partial charge >= 0.3 is 0 Å². The van der Waals surface area contributed by atoms with E-state index in [2.05, 4.69) is 34.9 Å². The Morgan fingerprint density at radius 3 is 2.64 bits per heavy atom. The van der Waals surface area contributed by atoms with Gasteiger partial charge in [0.15, 0.2) is 23.2 Å². The van der Waals surface area contributed by atoms with Crippen LogP contribution in [0, 0.1) is 12.5 Å². The van der Waals surface area contributed by atoms with Crippen molar-refractivity contribution in [1.82, 2.24) is 24.2 Å². The van der Waals surface area contributed by atoms with Crippen LogP contribution in [0.15, 0.2) is 43.0 Å². The number of fused-ring (bicyclic) bond motifs is 1. The fourth-order valence-electron chi connectivity index (χ4n) is 4.65. The minimum atomic E-state index is -1.66. The van der Waals surface area contributed by atoms with Gasteiger partial charge in [0.25, 0.3) is 14.4 Å². The number of ether oxygens (including phenoxy) is 1. The summed E-state index contributed by atoms with van der Waals surface area (Å²) < 4.78 is 36.6. The summed E-state index contributed by atoms with van der Waals surface area (Å²) in [6.07, 6.45) is 0.735. The lowest BCUT2D eigenvalue weighted by atomic mass is 10.0. The molecule has 1 aromatic carbocycles. The molecule has 3 N–H and O–H groups in total. The summed E-state index contributed by atoms with van der Waals surface area (Å²) in [5, 5.41) is 16.7. The smallest absolute Gasteiger partial charge is 0.259 e. The molecule has 1 aliphatic rings. The van der Waals surface area contributed by atoms with Crippen molar-refractivity contribution in [2.75, 3.05) is 32.2 Å². The molecule has 13 nitrogen and oxygen atoms in total. The van der Waals surface area contributed by atoms with E-state index in [0.29, 0.717) is 16.7 Å². The van der Waals surface area contributed by atoms with Gasteiger partial charge in [-0.2, -0.15) is 0 Å².